The van der Waals surface area contributed by atoms with Crippen molar-refractivity contribution in [3.05, 3.63) is 30.0 Å². The summed E-state index contributed by atoms with van der Waals surface area (Å²) in [5.41, 5.74) is 1.44. The number of methoxy groups -OCH3 is 1. The first kappa shape index (κ1) is 11.0. The summed E-state index contributed by atoms with van der Waals surface area (Å²) in [6.45, 7) is 2.93. The van der Waals surface area contributed by atoms with E-state index in [0.29, 0.717) is 0 Å². The van der Waals surface area contributed by atoms with Crippen molar-refractivity contribution in [2.75, 3.05) is 32.1 Å². The molecule has 0 aromatic carbocycles. The average Bonchev–Trinajstić information content (AvgIpc) is 2.38. The molecule has 4 nitrogen and oxygen atoms in total. The van der Waals surface area contributed by atoms with Gasteiger partial charge >= 0.3 is 0 Å². The topological polar surface area (TPSA) is 46.2 Å². The van der Waals surface area contributed by atoms with E-state index in [0.717, 1.165) is 37.6 Å². The predicted molar refractivity (Wildman–Crippen MR) is 64.8 cm³/mol. The number of aromatic nitrogens is 1. The molecule has 0 saturated carbocycles. The van der Waals surface area contributed by atoms with E-state index in [-0.39, 0.29) is 0 Å². The predicted octanol–water partition coefficient (Wildman–Crippen LogP) is 1.42. The number of nitrogens with zero attached hydrogens (tertiary/aromatic N) is 1. The summed E-state index contributed by atoms with van der Waals surface area (Å²) in [5.74, 6) is 1.67. The molecular weight excluding hydrogens is 202 g/mol. The van der Waals surface area contributed by atoms with Crippen LogP contribution in [0.1, 0.15) is 6.42 Å². The number of ether oxygens (including phenoxy) is 1. The molecule has 86 valence electrons. The van der Waals surface area contributed by atoms with E-state index < -0.39 is 0 Å². The van der Waals surface area contributed by atoms with Gasteiger partial charge in [0.15, 0.2) is 0 Å². The third kappa shape index (κ3) is 2.97. The summed E-state index contributed by atoms with van der Waals surface area (Å²) in [6, 6.07) is 3.84. The van der Waals surface area contributed by atoms with Gasteiger partial charge in [-0.3, -0.25) is 0 Å². The molecule has 0 bridgehead atoms. The highest BCUT2D eigenvalue weighted by molar-refractivity contribution is 5.39. The molecular formula is C12H17N3O. The van der Waals surface area contributed by atoms with Crippen LogP contribution in [0.2, 0.25) is 0 Å². The Morgan fingerprint density at radius 1 is 1.50 bits per heavy atom. The van der Waals surface area contributed by atoms with Gasteiger partial charge in [0.2, 0.25) is 0 Å². The maximum absolute atomic E-state index is 5.05. The van der Waals surface area contributed by atoms with Gasteiger partial charge in [0.25, 0.3) is 0 Å². The second-order valence-electron chi connectivity index (χ2n) is 3.75. The molecule has 2 rings (SSSR count). The van der Waals surface area contributed by atoms with Gasteiger partial charge in [-0.2, -0.15) is 0 Å². The molecule has 2 heterocycles. The van der Waals surface area contributed by atoms with Gasteiger partial charge in [-0.05, 0) is 25.1 Å². The Morgan fingerprint density at radius 2 is 2.44 bits per heavy atom. The molecule has 1 aliphatic heterocycles. The summed E-state index contributed by atoms with van der Waals surface area (Å²) >= 11 is 0. The third-order valence-electron chi connectivity index (χ3n) is 2.63. The Kier molecular flexibility index (Phi) is 3.77. The number of hydrogen-bond donors (Lipinski definition) is 2. The molecule has 1 aliphatic rings. The van der Waals surface area contributed by atoms with Crippen molar-refractivity contribution in [3.8, 4) is 5.75 Å². The first-order valence-corrected chi connectivity index (χ1v) is 5.51. The van der Waals surface area contributed by atoms with Crippen molar-refractivity contribution < 1.29 is 4.74 Å². The van der Waals surface area contributed by atoms with Gasteiger partial charge in [0.05, 0.1) is 13.3 Å². The first-order chi connectivity index (χ1) is 7.88. The molecule has 0 fully saturated rings. The zero-order chi connectivity index (χ0) is 11.2. The first-order valence-electron chi connectivity index (χ1n) is 5.51. The monoisotopic (exact) mass is 219 g/mol. The van der Waals surface area contributed by atoms with Crippen molar-refractivity contribution in [3.63, 3.8) is 0 Å². The maximum Gasteiger partial charge on any atom is 0.137 e. The molecule has 0 aliphatic carbocycles. The highest BCUT2D eigenvalue weighted by atomic mass is 16.5. The molecule has 0 saturated heterocycles. The minimum Gasteiger partial charge on any atom is -0.495 e. The van der Waals surface area contributed by atoms with Gasteiger partial charge in [0.1, 0.15) is 11.6 Å². The fourth-order valence-electron chi connectivity index (χ4n) is 1.64. The third-order valence-corrected chi connectivity index (χ3v) is 2.63. The summed E-state index contributed by atoms with van der Waals surface area (Å²) in [7, 11) is 1.64. The lowest BCUT2D eigenvalue weighted by Crippen LogP contribution is -2.23. The van der Waals surface area contributed by atoms with Gasteiger partial charge in [-0.25, -0.2) is 4.98 Å². The molecule has 0 unspecified atom stereocenters. The standard InChI is InChI=1S/C12H17N3O/c1-16-11-2-3-12(15-9-11)14-8-10-4-6-13-7-5-10/h2-4,9,13H,5-8H2,1H3,(H,14,15). The largest absolute Gasteiger partial charge is 0.495 e. The highest BCUT2D eigenvalue weighted by Crippen LogP contribution is 2.12. The van der Waals surface area contributed by atoms with Crippen molar-refractivity contribution >= 4 is 5.82 Å². The quantitative estimate of drug-likeness (QED) is 0.752. The Bertz CT molecular complexity index is 359. The van der Waals surface area contributed by atoms with Gasteiger partial charge in [0, 0.05) is 13.1 Å². The van der Waals surface area contributed by atoms with E-state index in [1.165, 1.54) is 5.57 Å². The smallest absolute Gasteiger partial charge is 0.137 e. The number of hydrogen-bond acceptors (Lipinski definition) is 4. The van der Waals surface area contributed by atoms with E-state index in [2.05, 4.69) is 21.7 Å². The SMILES string of the molecule is COc1ccc(NCC2=CCNCC2)nc1. The highest BCUT2D eigenvalue weighted by Gasteiger charge is 2.02. The number of anilines is 1. The van der Waals surface area contributed by atoms with Crippen LogP contribution in [0.4, 0.5) is 5.82 Å². The molecule has 1 aromatic rings. The van der Waals surface area contributed by atoms with E-state index in [1.807, 2.05) is 12.1 Å². The summed E-state index contributed by atoms with van der Waals surface area (Å²) in [5, 5.41) is 6.59. The second-order valence-corrected chi connectivity index (χ2v) is 3.75. The lowest BCUT2D eigenvalue weighted by Gasteiger charge is -2.14. The Morgan fingerprint density at radius 3 is 3.06 bits per heavy atom. The van der Waals surface area contributed by atoms with Crippen LogP contribution in [0, 0.1) is 0 Å². The van der Waals surface area contributed by atoms with Crippen LogP contribution in [-0.4, -0.2) is 31.7 Å². The molecule has 16 heavy (non-hydrogen) atoms. The van der Waals surface area contributed by atoms with E-state index >= 15 is 0 Å². The molecule has 0 spiro atoms. The zero-order valence-electron chi connectivity index (χ0n) is 9.49. The second kappa shape index (κ2) is 5.51. The van der Waals surface area contributed by atoms with Gasteiger partial charge in [-0.1, -0.05) is 11.6 Å². The lowest BCUT2D eigenvalue weighted by molar-refractivity contribution is 0.413. The van der Waals surface area contributed by atoms with Crippen molar-refractivity contribution in [1.82, 2.24) is 10.3 Å². The van der Waals surface area contributed by atoms with Crippen LogP contribution < -0.4 is 15.4 Å². The fourth-order valence-corrected chi connectivity index (χ4v) is 1.64. The molecule has 0 amide bonds. The normalized spacial score (nSPS) is 15.4. The maximum atomic E-state index is 5.05. The van der Waals surface area contributed by atoms with Gasteiger partial charge in [-0.15, -0.1) is 0 Å². The molecule has 2 N–H and O–H groups in total. The van der Waals surface area contributed by atoms with Crippen molar-refractivity contribution in [2.45, 2.75) is 6.42 Å². The molecule has 4 heteroatoms. The van der Waals surface area contributed by atoms with Crippen molar-refractivity contribution in [1.29, 1.82) is 0 Å². The molecule has 0 atom stereocenters. The van der Waals surface area contributed by atoms with Crippen LogP contribution in [0.25, 0.3) is 0 Å². The van der Waals surface area contributed by atoms with Crippen LogP contribution in [0.3, 0.4) is 0 Å². The van der Waals surface area contributed by atoms with Gasteiger partial charge < -0.3 is 15.4 Å². The Labute approximate surface area is 95.7 Å². The van der Waals surface area contributed by atoms with E-state index in [4.69, 9.17) is 4.74 Å². The van der Waals surface area contributed by atoms with Crippen LogP contribution in [0.15, 0.2) is 30.0 Å². The summed E-state index contributed by atoms with van der Waals surface area (Å²) < 4.78 is 5.05. The molecule has 0 radical (unpaired) electrons. The Balaban J connectivity index is 1.86. The fraction of sp³-hybridized carbons (Fsp3) is 0.417. The number of rotatable bonds is 4. The number of pyridine rings is 1. The molecule has 1 aromatic heterocycles. The minimum atomic E-state index is 0.784. The number of nitrogens with one attached hydrogen (secondary N) is 2. The lowest BCUT2D eigenvalue weighted by atomic mass is 10.1. The summed E-state index contributed by atoms with van der Waals surface area (Å²) in [6.07, 6.45) is 5.07. The van der Waals surface area contributed by atoms with Crippen LogP contribution in [-0.2, 0) is 0 Å². The van der Waals surface area contributed by atoms with Crippen LogP contribution in [0.5, 0.6) is 5.75 Å². The Hall–Kier alpha value is -1.55. The van der Waals surface area contributed by atoms with Crippen molar-refractivity contribution in [2.24, 2.45) is 0 Å². The van der Waals surface area contributed by atoms with E-state index in [1.54, 1.807) is 13.3 Å². The minimum absolute atomic E-state index is 0.784. The average molecular weight is 219 g/mol. The zero-order valence-corrected chi connectivity index (χ0v) is 9.49. The van der Waals surface area contributed by atoms with E-state index in [9.17, 15) is 0 Å². The summed E-state index contributed by atoms with van der Waals surface area (Å²) in [4.78, 5) is 4.25. The van der Waals surface area contributed by atoms with Crippen LogP contribution >= 0.6 is 0 Å².